The molecule has 19 heavy (non-hydrogen) atoms. The lowest BCUT2D eigenvalue weighted by Gasteiger charge is -2.22. The fourth-order valence-electron chi connectivity index (χ4n) is 1.34. The fraction of sp³-hybridized carbons (Fsp3) is 0.417. The first-order chi connectivity index (χ1) is 9.08. The van der Waals surface area contributed by atoms with Crippen molar-refractivity contribution in [3.8, 4) is 17.6 Å². The van der Waals surface area contributed by atoms with Crippen LogP contribution >= 0.6 is 6.72 Å². The first-order valence-electron chi connectivity index (χ1n) is 5.75. The van der Waals surface area contributed by atoms with Gasteiger partial charge in [-0.1, -0.05) is 0 Å². The number of benzene rings is 1. The van der Waals surface area contributed by atoms with E-state index in [1.54, 1.807) is 18.2 Å². The van der Waals surface area contributed by atoms with Crippen molar-refractivity contribution < 1.29 is 18.3 Å². The van der Waals surface area contributed by atoms with E-state index in [0.717, 1.165) is 0 Å². The van der Waals surface area contributed by atoms with Crippen LogP contribution in [-0.4, -0.2) is 20.3 Å². The van der Waals surface area contributed by atoms with Gasteiger partial charge in [0.25, 0.3) is 0 Å². The van der Waals surface area contributed by atoms with E-state index in [0.29, 0.717) is 30.3 Å². The van der Waals surface area contributed by atoms with Crippen molar-refractivity contribution in [3.63, 3.8) is 0 Å². The van der Waals surface area contributed by atoms with Crippen molar-refractivity contribution in [2.45, 2.75) is 13.8 Å². The van der Waals surface area contributed by atoms with Gasteiger partial charge in [0.1, 0.15) is 0 Å². The van der Waals surface area contributed by atoms with Crippen molar-refractivity contribution in [1.82, 2.24) is 0 Å². The molecule has 0 fully saturated rings. The molecule has 0 N–H and O–H groups in total. The molecule has 0 radical (unpaired) electrons. The zero-order chi connectivity index (χ0) is 14.3. The molecule has 0 heterocycles. The number of nitrogens with zero attached hydrogens (tertiary/aromatic N) is 1. The third-order valence-corrected chi connectivity index (χ3v) is 4.50. The molecule has 0 atom stereocenters. The maximum absolute atomic E-state index is 8.90. The largest absolute Gasteiger partial charge is 0.493 e. The average molecular weight is 301 g/mol. The molecule has 0 aliphatic heterocycles. The Kier molecular flexibility index (Phi) is 6.26. The molecule has 104 valence electrons. The number of nitriles is 1. The third kappa shape index (κ3) is 4.48. The van der Waals surface area contributed by atoms with E-state index in [2.05, 4.69) is 0 Å². The molecule has 0 aliphatic carbocycles. The quantitative estimate of drug-likeness (QED) is 0.720. The molecule has 1 rings (SSSR count). The van der Waals surface area contributed by atoms with Crippen molar-refractivity contribution in [2.75, 3.05) is 20.3 Å². The smallest absolute Gasteiger partial charge is 0.380 e. The van der Waals surface area contributed by atoms with Crippen LogP contribution in [0.1, 0.15) is 19.4 Å². The number of methoxy groups -OCH3 is 1. The van der Waals surface area contributed by atoms with Crippen LogP contribution in [0.4, 0.5) is 0 Å². The zero-order valence-electron chi connectivity index (χ0n) is 11.1. The zero-order valence-corrected chi connectivity index (χ0v) is 12.8. The molecule has 0 spiro atoms. The van der Waals surface area contributed by atoms with Crippen molar-refractivity contribution in [3.05, 3.63) is 23.8 Å². The van der Waals surface area contributed by atoms with E-state index in [4.69, 9.17) is 35.4 Å². The highest BCUT2D eigenvalue weighted by Gasteiger charge is 2.23. The van der Waals surface area contributed by atoms with Crippen LogP contribution in [0.25, 0.3) is 0 Å². The monoisotopic (exact) mass is 301 g/mol. The molecule has 0 bridgehead atoms. The van der Waals surface area contributed by atoms with Gasteiger partial charge in [-0.25, -0.2) is 0 Å². The normalized spacial score (nSPS) is 10.8. The summed E-state index contributed by atoms with van der Waals surface area (Å²) in [4.78, 5) is 0. The lowest BCUT2D eigenvalue weighted by molar-refractivity contribution is 0.215. The topological polar surface area (TPSA) is 60.7 Å². The molecule has 0 aromatic heterocycles. The van der Waals surface area contributed by atoms with Gasteiger partial charge >= 0.3 is 6.72 Å². The van der Waals surface area contributed by atoms with Crippen LogP contribution in [0.5, 0.6) is 11.5 Å². The second-order valence-corrected chi connectivity index (χ2v) is 6.29. The minimum Gasteiger partial charge on any atom is -0.493 e. The standard InChI is InChI=1S/C12H16NO4PS/c1-4-15-18(19,16-5-2)17-12-8-10(9-13)6-7-11(12)14-3/h6-8H,4-5H2,1-3H3. The molecule has 0 unspecified atom stereocenters. The molecular formula is C12H16NO4PS. The van der Waals surface area contributed by atoms with E-state index in [9.17, 15) is 0 Å². The molecule has 1 aromatic carbocycles. The minimum absolute atomic E-state index is 0.354. The fourth-order valence-corrected chi connectivity index (χ4v) is 3.41. The van der Waals surface area contributed by atoms with Gasteiger partial charge in [0, 0.05) is 17.9 Å². The molecule has 0 saturated carbocycles. The number of hydrogen-bond acceptors (Lipinski definition) is 6. The number of ether oxygens (including phenoxy) is 1. The summed E-state index contributed by atoms with van der Waals surface area (Å²) >= 11 is 5.28. The second-order valence-electron chi connectivity index (χ2n) is 3.35. The van der Waals surface area contributed by atoms with E-state index in [-0.39, 0.29) is 0 Å². The number of rotatable bonds is 7. The first-order valence-corrected chi connectivity index (χ1v) is 8.31. The van der Waals surface area contributed by atoms with E-state index in [1.165, 1.54) is 7.11 Å². The Labute approximate surface area is 118 Å². The van der Waals surface area contributed by atoms with Gasteiger partial charge in [-0.05, 0) is 26.0 Å². The van der Waals surface area contributed by atoms with Crippen molar-refractivity contribution in [1.29, 1.82) is 5.26 Å². The van der Waals surface area contributed by atoms with Crippen LogP contribution in [0, 0.1) is 11.3 Å². The summed E-state index contributed by atoms with van der Waals surface area (Å²) in [5.41, 5.74) is 0.449. The SMILES string of the molecule is CCOP(=S)(OCC)Oc1cc(C#N)ccc1OC. The van der Waals surface area contributed by atoms with Crippen LogP contribution < -0.4 is 9.26 Å². The van der Waals surface area contributed by atoms with Crippen molar-refractivity contribution in [2.24, 2.45) is 0 Å². The minimum atomic E-state index is -2.87. The maximum atomic E-state index is 8.90. The summed E-state index contributed by atoms with van der Waals surface area (Å²) in [6, 6.07) is 6.86. The Bertz CT molecular complexity index is 505. The highest BCUT2D eigenvalue weighted by molar-refractivity contribution is 8.07. The summed E-state index contributed by atoms with van der Waals surface area (Å²) in [5.74, 6) is 0.833. The summed E-state index contributed by atoms with van der Waals surface area (Å²) in [5, 5.41) is 8.90. The Morgan fingerprint density at radius 1 is 1.21 bits per heavy atom. The maximum Gasteiger partial charge on any atom is 0.380 e. The second kappa shape index (κ2) is 7.46. The summed E-state index contributed by atoms with van der Waals surface area (Å²) in [6.45, 7) is 1.53. The van der Waals surface area contributed by atoms with Gasteiger partial charge in [0.15, 0.2) is 11.5 Å². The predicted molar refractivity (Wildman–Crippen MR) is 75.9 cm³/mol. The molecule has 1 aromatic rings. The Balaban J connectivity index is 3.07. The van der Waals surface area contributed by atoms with Gasteiger partial charge in [-0.15, -0.1) is 0 Å². The molecule has 7 heteroatoms. The number of hydrogen-bond donors (Lipinski definition) is 0. The lowest BCUT2D eigenvalue weighted by atomic mass is 10.2. The van der Waals surface area contributed by atoms with Crippen LogP contribution in [-0.2, 0) is 20.9 Å². The van der Waals surface area contributed by atoms with Gasteiger partial charge in [-0.2, -0.15) is 5.26 Å². The van der Waals surface area contributed by atoms with E-state index < -0.39 is 6.72 Å². The van der Waals surface area contributed by atoms with Gasteiger partial charge < -0.3 is 9.26 Å². The predicted octanol–water partition coefficient (Wildman–Crippen LogP) is 3.24. The molecule has 0 saturated heterocycles. The summed E-state index contributed by atoms with van der Waals surface area (Å²) < 4.78 is 21.6. The van der Waals surface area contributed by atoms with Crippen molar-refractivity contribution >= 4 is 18.5 Å². The first kappa shape index (κ1) is 15.9. The van der Waals surface area contributed by atoms with E-state index in [1.807, 2.05) is 19.9 Å². The third-order valence-electron chi connectivity index (χ3n) is 2.08. The van der Waals surface area contributed by atoms with Gasteiger partial charge in [-0.3, -0.25) is 9.05 Å². The van der Waals surface area contributed by atoms with Gasteiger partial charge in [0.2, 0.25) is 0 Å². The van der Waals surface area contributed by atoms with Crippen LogP contribution in [0.3, 0.4) is 0 Å². The highest BCUT2D eigenvalue weighted by Crippen LogP contribution is 2.51. The van der Waals surface area contributed by atoms with Crippen LogP contribution in [0.2, 0.25) is 0 Å². The Morgan fingerprint density at radius 2 is 1.84 bits per heavy atom. The average Bonchev–Trinajstić information content (AvgIpc) is 2.39. The van der Waals surface area contributed by atoms with Gasteiger partial charge in [0.05, 0.1) is 32.0 Å². The lowest BCUT2D eigenvalue weighted by Crippen LogP contribution is -2.03. The highest BCUT2D eigenvalue weighted by atomic mass is 32.5. The van der Waals surface area contributed by atoms with E-state index >= 15 is 0 Å². The molecule has 5 nitrogen and oxygen atoms in total. The Hall–Kier alpha value is -1.12. The molecule has 0 aliphatic rings. The summed E-state index contributed by atoms with van der Waals surface area (Å²) in [7, 11) is 1.51. The molecular weight excluding hydrogens is 285 g/mol. The summed E-state index contributed by atoms with van der Waals surface area (Å²) in [6.07, 6.45) is 0. The van der Waals surface area contributed by atoms with Crippen LogP contribution in [0.15, 0.2) is 18.2 Å². The molecule has 0 amide bonds. The Morgan fingerprint density at radius 3 is 2.32 bits per heavy atom.